The molecule has 3 aromatic carbocycles. The van der Waals surface area contributed by atoms with E-state index < -0.39 is 6.10 Å². The second-order valence-corrected chi connectivity index (χ2v) is 10.4. The number of ether oxygens (including phenoxy) is 2. The quantitative estimate of drug-likeness (QED) is 0.293. The van der Waals surface area contributed by atoms with Crippen molar-refractivity contribution in [2.24, 2.45) is 0 Å². The zero-order chi connectivity index (χ0) is 28.8. The normalized spacial score (nSPS) is 14.4. The number of anilines is 2. The zero-order valence-electron chi connectivity index (χ0n) is 23.5. The molecule has 10 heteroatoms. The van der Waals surface area contributed by atoms with Gasteiger partial charge in [-0.2, -0.15) is 0 Å². The van der Waals surface area contributed by atoms with Crippen LogP contribution in [-0.2, 0) is 9.53 Å². The smallest absolute Gasteiger partial charge is 0.320 e. The van der Waals surface area contributed by atoms with Crippen molar-refractivity contribution in [1.29, 1.82) is 0 Å². The molecule has 218 valence electrons. The number of amides is 2. The predicted octanol–water partition coefficient (Wildman–Crippen LogP) is 6.35. The molecule has 0 saturated heterocycles. The van der Waals surface area contributed by atoms with Crippen LogP contribution in [0.2, 0.25) is 5.02 Å². The van der Waals surface area contributed by atoms with E-state index in [2.05, 4.69) is 10.6 Å². The maximum absolute atomic E-state index is 13.9. The summed E-state index contributed by atoms with van der Waals surface area (Å²) in [7, 11) is 1.48. The van der Waals surface area contributed by atoms with Crippen molar-refractivity contribution in [2.45, 2.75) is 45.8 Å². The summed E-state index contributed by atoms with van der Waals surface area (Å²) < 4.78 is 11.4. The number of methoxy groups -OCH3 is 1. The van der Waals surface area contributed by atoms with Gasteiger partial charge in [-0.25, -0.2) is 0 Å². The van der Waals surface area contributed by atoms with Crippen LogP contribution >= 0.6 is 24.0 Å². The van der Waals surface area contributed by atoms with Crippen molar-refractivity contribution in [1.82, 2.24) is 5.32 Å². The highest BCUT2D eigenvalue weighted by molar-refractivity contribution is 6.30. The van der Waals surface area contributed by atoms with Gasteiger partial charge < -0.3 is 25.0 Å². The number of carbonyl (C=O) groups is 3. The number of hydrogen-bond donors (Lipinski definition) is 2. The Hall–Kier alpha value is -3.59. The first kappa shape index (κ1) is 31.9. The molecule has 0 radical (unpaired) electrons. The minimum Gasteiger partial charge on any atom is -0.496 e. The van der Waals surface area contributed by atoms with Crippen LogP contribution < -0.4 is 20.3 Å². The van der Waals surface area contributed by atoms with E-state index in [0.29, 0.717) is 58.2 Å². The molecule has 0 saturated carbocycles. The summed E-state index contributed by atoms with van der Waals surface area (Å²) >= 11 is 6.33. The van der Waals surface area contributed by atoms with E-state index in [1.807, 2.05) is 39.0 Å². The van der Waals surface area contributed by atoms with Gasteiger partial charge in [0, 0.05) is 40.5 Å². The fraction of sp³-hybridized carbons (Fsp3) is 0.323. The van der Waals surface area contributed by atoms with Crippen LogP contribution in [0.5, 0.6) is 5.75 Å². The van der Waals surface area contributed by atoms with Crippen molar-refractivity contribution in [3.8, 4) is 5.75 Å². The van der Waals surface area contributed by atoms with E-state index in [-0.39, 0.29) is 42.8 Å². The van der Waals surface area contributed by atoms with E-state index in [9.17, 15) is 14.4 Å². The van der Waals surface area contributed by atoms with E-state index in [1.165, 1.54) is 7.11 Å². The Kier molecular flexibility index (Phi) is 11.2. The summed E-state index contributed by atoms with van der Waals surface area (Å²) in [5, 5.41) is 6.44. The molecule has 1 unspecified atom stereocenters. The topological polar surface area (TPSA) is 97.0 Å². The van der Waals surface area contributed by atoms with Crippen LogP contribution in [0.25, 0.3) is 0 Å². The molecular weight excluding hydrogens is 565 g/mol. The second kappa shape index (κ2) is 14.3. The lowest BCUT2D eigenvalue weighted by atomic mass is 10.0. The highest BCUT2D eigenvalue weighted by atomic mass is 35.5. The lowest BCUT2D eigenvalue weighted by Gasteiger charge is -2.25. The Morgan fingerprint density at radius 1 is 1.05 bits per heavy atom. The van der Waals surface area contributed by atoms with Gasteiger partial charge in [0.1, 0.15) is 11.9 Å². The molecule has 1 aliphatic rings. The van der Waals surface area contributed by atoms with Crippen LogP contribution in [0, 0.1) is 6.92 Å². The number of rotatable bonds is 8. The number of nitrogens with zero attached hydrogens (tertiary/aromatic N) is 1. The minimum atomic E-state index is -0.533. The first-order valence-corrected chi connectivity index (χ1v) is 13.6. The fourth-order valence-electron chi connectivity index (χ4n) is 4.68. The molecule has 8 nitrogen and oxygen atoms in total. The van der Waals surface area contributed by atoms with Crippen molar-refractivity contribution >= 4 is 53.2 Å². The van der Waals surface area contributed by atoms with Gasteiger partial charge in [-0.3, -0.25) is 14.4 Å². The number of halogens is 2. The molecule has 0 aliphatic carbocycles. The monoisotopic (exact) mass is 599 g/mol. The molecule has 0 bridgehead atoms. The number of hydrogen-bond acceptors (Lipinski definition) is 6. The molecule has 3 aromatic rings. The van der Waals surface area contributed by atoms with Crippen molar-refractivity contribution in [3.63, 3.8) is 0 Å². The molecule has 0 spiro atoms. The number of nitrogens with one attached hydrogen (secondary N) is 2. The molecule has 41 heavy (non-hydrogen) atoms. The highest BCUT2D eigenvalue weighted by Crippen LogP contribution is 2.38. The largest absolute Gasteiger partial charge is 0.496 e. The summed E-state index contributed by atoms with van der Waals surface area (Å²) in [6.45, 7) is 6.29. The Morgan fingerprint density at radius 3 is 2.51 bits per heavy atom. The lowest BCUT2D eigenvalue weighted by Crippen LogP contribution is -2.32. The van der Waals surface area contributed by atoms with Gasteiger partial charge in [0.05, 0.1) is 24.9 Å². The number of esters is 1. The number of aryl methyl sites for hydroxylation is 1. The van der Waals surface area contributed by atoms with Crippen LogP contribution in [0.1, 0.15) is 64.6 Å². The molecule has 0 aromatic heterocycles. The predicted molar refractivity (Wildman–Crippen MR) is 164 cm³/mol. The third kappa shape index (κ3) is 7.79. The van der Waals surface area contributed by atoms with Crippen molar-refractivity contribution in [3.05, 3.63) is 87.9 Å². The number of benzene rings is 3. The van der Waals surface area contributed by atoms with Crippen LogP contribution in [0.15, 0.2) is 60.7 Å². The fourth-order valence-corrected chi connectivity index (χ4v) is 4.86. The van der Waals surface area contributed by atoms with E-state index >= 15 is 0 Å². The number of carbonyl (C=O) groups excluding carboxylic acids is 3. The SMILES string of the molecule is COc1cc(NC(=O)c2ccccc2C)ccc1C(=O)N1CCCC(OC(=O)CNC(C)C)c2cc(Cl)ccc21.Cl. The van der Waals surface area contributed by atoms with Gasteiger partial charge >= 0.3 is 5.97 Å². The van der Waals surface area contributed by atoms with E-state index in [0.717, 1.165) is 5.56 Å². The Labute approximate surface area is 251 Å². The Morgan fingerprint density at radius 2 is 1.80 bits per heavy atom. The molecular formula is C31H35Cl2N3O5. The summed E-state index contributed by atoms with van der Waals surface area (Å²) in [6, 6.07) is 17.7. The van der Waals surface area contributed by atoms with Gasteiger partial charge in [0.2, 0.25) is 0 Å². The molecule has 0 fully saturated rings. The molecule has 1 atom stereocenters. The lowest BCUT2D eigenvalue weighted by molar-refractivity contribution is -0.148. The first-order chi connectivity index (χ1) is 19.2. The zero-order valence-corrected chi connectivity index (χ0v) is 25.1. The molecule has 4 rings (SSSR count). The second-order valence-electron chi connectivity index (χ2n) is 10.0. The van der Waals surface area contributed by atoms with Crippen LogP contribution in [0.4, 0.5) is 11.4 Å². The van der Waals surface area contributed by atoms with Gasteiger partial charge in [0.25, 0.3) is 11.8 Å². The van der Waals surface area contributed by atoms with Gasteiger partial charge in [0.15, 0.2) is 0 Å². The summed E-state index contributed by atoms with van der Waals surface area (Å²) in [5.41, 5.74) is 3.58. The van der Waals surface area contributed by atoms with Gasteiger partial charge in [-0.1, -0.05) is 43.6 Å². The maximum Gasteiger partial charge on any atom is 0.320 e. The van der Waals surface area contributed by atoms with Gasteiger partial charge in [-0.15, -0.1) is 12.4 Å². The maximum atomic E-state index is 13.9. The molecule has 1 heterocycles. The van der Waals surface area contributed by atoms with Crippen molar-refractivity contribution < 1.29 is 23.9 Å². The molecule has 2 amide bonds. The number of fused-ring (bicyclic) bond motifs is 1. The average molecular weight is 601 g/mol. The van der Waals surface area contributed by atoms with Crippen LogP contribution in [0.3, 0.4) is 0 Å². The standard InChI is InChI=1S/C31H34ClN3O5.ClH/c1-19(2)33-18-29(36)40-27-10-7-15-35(26-14-11-21(32)16-25(26)27)31(38)24-13-12-22(17-28(24)39-4)34-30(37)23-9-6-5-8-20(23)3;/h5-6,8-9,11-14,16-17,19,27,33H,7,10,15,18H2,1-4H3,(H,34,37);1H. The summed E-state index contributed by atoms with van der Waals surface area (Å²) in [6.07, 6.45) is 0.625. The van der Waals surface area contributed by atoms with Crippen molar-refractivity contribution in [2.75, 3.05) is 30.4 Å². The Balaban J connectivity index is 0.00000462. The minimum absolute atomic E-state index is 0. The van der Waals surface area contributed by atoms with E-state index in [1.54, 1.807) is 47.4 Å². The molecule has 2 N–H and O–H groups in total. The third-order valence-electron chi connectivity index (χ3n) is 6.73. The summed E-state index contributed by atoms with van der Waals surface area (Å²) in [5.74, 6) is -0.558. The van der Waals surface area contributed by atoms with E-state index in [4.69, 9.17) is 21.1 Å². The highest BCUT2D eigenvalue weighted by Gasteiger charge is 2.31. The van der Waals surface area contributed by atoms with Crippen LogP contribution in [-0.4, -0.2) is 44.0 Å². The molecule has 1 aliphatic heterocycles. The third-order valence-corrected chi connectivity index (χ3v) is 6.96. The van der Waals surface area contributed by atoms with Gasteiger partial charge in [-0.05, 0) is 61.7 Å². The average Bonchev–Trinajstić information content (AvgIpc) is 3.10. The summed E-state index contributed by atoms with van der Waals surface area (Å²) in [4.78, 5) is 40.9. The Bertz CT molecular complexity index is 1410. The first-order valence-electron chi connectivity index (χ1n) is 13.3.